The predicted octanol–water partition coefficient (Wildman–Crippen LogP) is -2.29. The van der Waals surface area contributed by atoms with Crippen LogP contribution in [0.1, 0.15) is 13.8 Å². The second-order valence-electron chi connectivity index (χ2n) is 3.09. The largest absolute Gasteiger partial charge is 0.327 e. The molecule has 0 aliphatic carbocycles. The van der Waals surface area contributed by atoms with E-state index in [-0.39, 0.29) is 13.1 Å². The molecule has 0 heterocycles. The first-order valence-electron chi connectivity index (χ1n) is 4.97. The van der Waals surface area contributed by atoms with E-state index in [1.54, 1.807) is 0 Å². The van der Waals surface area contributed by atoms with Gasteiger partial charge in [-0.25, -0.2) is 0 Å². The molecule has 6 N–H and O–H groups in total. The number of rotatable bonds is 8. The standard InChI is InChI=1S/C8H18N4O5/c1-5(11-7(13)3-9)15-17-16-6(2)12-8(14)4-10/h5-6H,3-4,9-10H2,1-2H3,(H,11,13)(H,12,14). The molecule has 0 saturated heterocycles. The van der Waals surface area contributed by atoms with Crippen LogP contribution in [-0.2, 0) is 24.4 Å². The molecule has 0 radical (unpaired) electrons. The second kappa shape index (κ2) is 8.84. The molecule has 2 atom stereocenters. The van der Waals surface area contributed by atoms with Crippen molar-refractivity contribution in [3.63, 3.8) is 0 Å². The molecule has 9 nitrogen and oxygen atoms in total. The van der Waals surface area contributed by atoms with Gasteiger partial charge < -0.3 is 22.1 Å². The summed E-state index contributed by atoms with van der Waals surface area (Å²) < 4.78 is 0. The molecule has 0 saturated carbocycles. The minimum Gasteiger partial charge on any atom is -0.327 e. The molecule has 0 aromatic heterocycles. The van der Waals surface area contributed by atoms with E-state index in [2.05, 4.69) is 25.4 Å². The first-order chi connectivity index (χ1) is 7.99. The predicted molar refractivity (Wildman–Crippen MR) is 56.6 cm³/mol. The summed E-state index contributed by atoms with van der Waals surface area (Å²) in [6.07, 6.45) is -1.47. The molecule has 2 amide bonds. The summed E-state index contributed by atoms with van der Waals surface area (Å²) in [5.74, 6) is -0.795. The third kappa shape index (κ3) is 8.54. The quantitative estimate of drug-likeness (QED) is 0.216. The highest BCUT2D eigenvalue weighted by Crippen LogP contribution is 1.92. The lowest BCUT2D eigenvalue weighted by atomic mass is 10.5. The van der Waals surface area contributed by atoms with Crippen LogP contribution < -0.4 is 22.1 Å². The molecule has 0 aliphatic rings. The summed E-state index contributed by atoms with van der Waals surface area (Å²) in [5.41, 5.74) is 10.1. The Morgan fingerprint density at radius 2 is 1.35 bits per heavy atom. The molecule has 9 heteroatoms. The Hall–Kier alpha value is -1.26. The van der Waals surface area contributed by atoms with Gasteiger partial charge in [-0.15, -0.1) is 0 Å². The van der Waals surface area contributed by atoms with E-state index < -0.39 is 24.3 Å². The van der Waals surface area contributed by atoms with Crippen molar-refractivity contribution in [2.24, 2.45) is 11.5 Å². The Bertz CT molecular complexity index is 226. The van der Waals surface area contributed by atoms with Crippen LogP contribution >= 0.6 is 0 Å². The van der Waals surface area contributed by atoms with Crippen molar-refractivity contribution in [2.45, 2.75) is 26.3 Å². The number of nitrogens with one attached hydrogen (secondary N) is 2. The van der Waals surface area contributed by atoms with Crippen LogP contribution in [0, 0.1) is 0 Å². The minimum absolute atomic E-state index is 0.155. The lowest BCUT2D eigenvalue weighted by Crippen LogP contribution is -2.40. The van der Waals surface area contributed by atoms with E-state index in [1.807, 2.05) is 0 Å². The van der Waals surface area contributed by atoms with Crippen molar-refractivity contribution in [3.8, 4) is 0 Å². The van der Waals surface area contributed by atoms with Crippen molar-refractivity contribution in [3.05, 3.63) is 0 Å². The van der Waals surface area contributed by atoms with Crippen molar-refractivity contribution in [1.82, 2.24) is 10.6 Å². The van der Waals surface area contributed by atoms with Gasteiger partial charge in [-0.05, 0) is 13.8 Å². The van der Waals surface area contributed by atoms with Gasteiger partial charge in [0.05, 0.1) is 13.1 Å². The molecule has 0 fully saturated rings. The Kier molecular flexibility index (Phi) is 8.19. The smallest absolute Gasteiger partial charge is 0.235 e. The first kappa shape index (κ1) is 15.7. The van der Waals surface area contributed by atoms with Crippen LogP contribution in [0.25, 0.3) is 0 Å². The van der Waals surface area contributed by atoms with E-state index in [0.29, 0.717) is 0 Å². The van der Waals surface area contributed by atoms with E-state index in [1.165, 1.54) is 13.8 Å². The zero-order valence-electron chi connectivity index (χ0n) is 9.76. The third-order valence-electron chi connectivity index (χ3n) is 1.47. The number of nitrogens with two attached hydrogens (primary N) is 2. The third-order valence-corrected chi connectivity index (χ3v) is 1.47. The van der Waals surface area contributed by atoms with Crippen LogP contribution in [0.4, 0.5) is 0 Å². The van der Waals surface area contributed by atoms with E-state index in [4.69, 9.17) is 11.5 Å². The topological polar surface area (TPSA) is 138 Å². The van der Waals surface area contributed by atoms with Crippen LogP contribution in [0.3, 0.4) is 0 Å². The van der Waals surface area contributed by atoms with Gasteiger partial charge in [-0.1, -0.05) is 5.04 Å². The summed E-state index contributed by atoms with van der Waals surface area (Å²) in [7, 11) is 0. The van der Waals surface area contributed by atoms with Crippen molar-refractivity contribution >= 4 is 11.8 Å². The lowest BCUT2D eigenvalue weighted by molar-refractivity contribution is -0.539. The second-order valence-corrected chi connectivity index (χ2v) is 3.09. The highest BCUT2D eigenvalue weighted by atomic mass is 17.5. The van der Waals surface area contributed by atoms with Gasteiger partial charge in [0.15, 0.2) is 12.5 Å². The van der Waals surface area contributed by atoms with Crippen molar-refractivity contribution < 1.29 is 24.4 Å². The van der Waals surface area contributed by atoms with Gasteiger partial charge in [0.2, 0.25) is 11.8 Å². The van der Waals surface area contributed by atoms with E-state index >= 15 is 0 Å². The SMILES string of the molecule is CC(NC(=O)CN)OOOC(C)NC(=O)CN. The summed E-state index contributed by atoms with van der Waals surface area (Å²) in [4.78, 5) is 30.9. The summed E-state index contributed by atoms with van der Waals surface area (Å²) >= 11 is 0. The Morgan fingerprint density at radius 1 is 1.00 bits per heavy atom. The van der Waals surface area contributed by atoms with Crippen molar-refractivity contribution in [2.75, 3.05) is 13.1 Å². The summed E-state index contributed by atoms with van der Waals surface area (Å²) in [6, 6.07) is 0. The fraction of sp³-hybridized carbons (Fsp3) is 0.750. The maximum absolute atomic E-state index is 10.8. The number of hydrogen-bond acceptors (Lipinski definition) is 7. The molecule has 0 aromatic rings. The maximum atomic E-state index is 10.8. The minimum atomic E-state index is -0.733. The number of carbonyl (C=O) groups excluding carboxylic acids is 2. The van der Waals surface area contributed by atoms with E-state index in [0.717, 1.165) is 0 Å². The van der Waals surface area contributed by atoms with Gasteiger partial charge in [-0.3, -0.25) is 9.59 Å². The highest BCUT2D eigenvalue weighted by Gasteiger charge is 2.10. The lowest BCUT2D eigenvalue weighted by Gasteiger charge is -2.15. The van der Waals surface area contributed by atoms with Gasteiger partial charge in [0.25, 0.3) is 0 Å². The fourth-order valence-corrected chi connectivity index (χ4v) is 0.760. The van der Waals surface area contributed by atoms with Gasteiger partial charge in [0, 0.05) is 0 Å². The van der Waals surface area contributed by atoms with Gasteiger partial charge >= 0.3 is 0 Å². The summed E-state index contributed by atoms with van der Waals surface area (Å²) in [5, 5.41) is 9.05. The molecule has 0 bridgehead atoms. The molecule has 17 heavy (non-hydrogen) atoms. The normalized spacial score (nSPS) is 13.9. The average molecular weight is 250 g/mol. The zero-order chi connectivity index (χ0) is 13.3. The molecule has 0 aromatic carbocycles. The molecule has 100 valence electrons. The van der Waals surface area contributed by atoms with Crippen LogP contribution in [-0.4, -0.2) is 37.4 Å². The Labute approximate surface area is 98.6 Å². The summed E-state index contributed by atoms with van der Waals surface area (Å²) in [6.45, 7) is 2.72. The average Bonchev–Trinajstić information content (AvgIpc) is 2.28. The maximum Gasteiger partial charge on any atom is 0.235 e. The van der Waals surface area contributed by atoms with E-state index in [9.17, 15) is 9.59 Å². The molecule has 0 spiro atoms. The number of carbonyl (C=O) groups is 2. The number of amides is 2. The molecular weight excluding hydrogens is 232 g/mol. The Morgan fingerprint density at radius 3 is 1.65 bits per heavy atom. The Balaban J connectivity index is 3.61. The molecule has 0 rings (SSSR count). The van der Waals surface area contributed by atoms with Crippen LogP contribution in [0.5, 0.6) is 0 Å². The molecule has 2 unspecified atom stereocenters. The van der Waals surface area contributed by atoms with Gasteiger partial charge in [0.1, 0.15) is 0 Å². The number of hydrogen-bond donors (Lipinski definition) is 4. The van der Waals surface area contributed by atoms with Crippen LogP contribution in [0.2, 0.25) is 0 Å². The monoisotopic (exact) mass is 250 g/mol. The molecule has 0 aliphatic heterocycles. The fourth-order valence-electron chi connectivity index (χ4n) is 0.760. The first-order valence-corrected chi connectivity index (χ1v) is 4.97. The molecular formula is C8H18N4O5. The zero-order valence-corrected chi connectivity index (χ0v) is 9.76. The van der Waals surface area contributed by atoms with Gasteiger partial charge in [-0.2, -0.15) is 9.78 Å². The van der Waals surface area contributed by atoms with Crippen molar-refractivity contribution in [1.29, 1.82) is 0 Å². The van der Waals surface area contributed by atoms with Crippen LogP contribution in [0.15, 0.2) is 0 Å². The highest BCUT2D eigenvalue weighted by molar-refractivity contribution is 5.78.